The van der Waals surface area contributed by atoms with Gasteiger partial charge in [0.05, 0.1) is 10.5 Å². The maximum atomic E-state index is 13.4. The first-order valence-electron chi connectivity index (χ1n) is 9.59. The second-order valence-electron chi connectivity index (χ2n) is 7.42. The van der Waals surface area contributed by atoms with Gasteiger partial charge in [0.25, 0.3) is 5.69 Å². The number of hydrogen-bond donors (Lipinski definition) is 1. The van der Waals surface area contributed by atoms with E-state index in [0.717, 1.165) is 23.3 Å². The number of carbonyl (C=O) groups excluding carboxylic acids is 1. The molecule has 0 aromatic heterocycles. The third kappa shape index (κ3) is 5.08. The van der Waals surface area contributed by atoms with Crippen molar-refractivity contribution in [1.82, 2.24) is 5.32 Å². The monoisotopic (exact) mass is 421 g/mol. The smallest absolute Gasteiger partial charge is 0.371 e. The van der Waals surface area contributed by atoms with E-state index >= 15 is 0 Å². The number of non-ortho nitro benzene ring substituents is 1. The number of anilines is 1. The fourth-order valence-corrected chi connectivity index (χ4v) is 3.56. The number of nitro groups is 1. The van der Waals surface area contributed by atoms with Crippen LogP contribution >= 0.6 is 0 Å². The van der Waals surface area contributed by atoms with E-state index in [1.807, 2.05) is 31.2 Å². The molecule has 0 radical (unpaired) electrons. The first-order chi connectivity index (χ1) is 14.1. The highest BCUT2D eigenvalue weighted by molar-refractivity contribution is 5.79. The van der Waals surface area contributed by atoms with Gasteiger partial charge in [0.15, 0.2) is 0 Å². The van der Waals surface area contributed by atoms with E-state index in [-0.39, 0.29) is 30.6 Å². The first-order valence-corrected chi connectivity index (χ1v) is 9.59. The van der Waals surface area contributed by atoms with Gasteiger partial charge in [0, 0.05) is 43.4 Å². The third-order valence-corrected chi connectivity index (χ3v) is 5.29. The van der Waals surface area contributed by atoms with Gasteiger partial charge in [-0.05, 0) is 31.4 Å². The van der Waals surface area contributed by atoms with E-state index in [0.29, 0.717) is 25.5 Å². The number of amides is 1. The van der Waals surface area contributed by atoms with Crippen molar-refractivity contribution in [1.29, 1.82) is 0 Å². The summed E-state index contributed by atoms with van der Waals surface area (Å²) in [4.78, 5) is 24.0. The van der Waals surface area contributed by atoms with E-state index in [4.69, 9.17) is 0 Å². The molecule has 0 saturated carbocycles. The summed E-state index contributed by atoms with van der Waals surface area (Å²) in [5.41, 5.74) is 0.385. The van der Waals surface area contributed by atoms with Crippen LogP contribution in [0.2, 0.25) is 0 Å². The van der Waals surface area contributed by atoms with Crippen LogP contribution in [0.5, 0.6) is 0 Å². The molecule has 1 N–H and O–H groups in total. The van der Waals surface area contributed by atoms with Crippen LogP contribution < -0.4 is 10.2 Å². The highest BCUT2D eigenvalue weighted by atomic mass is 19.4. The largest absolute Gasteiger partial charge is 0.418 e. The van der Waals surface area contributed by atoms with Crippen LogP contribution in [0.25, 0.3) is 0 Å². The number of nitrogens with zero attached hydrogens (tertiary/aromatic N) is 2. The lowest BCUT2D eigenvalue weighted by Crippen LogP contribution is -2.41. The van der Waals surface area contributed by atoms with Gasteiger partial charge >= 0.3 is 6.18 Å². The lowest BCUT2D eigenvalue weighted by molar-refractivity contribution is -0.385. The average molecular weight is 421 g/mol. The molecular weight excluding hydrogens is 399 g/mol. The van der Waals surface area contributed by atoms with Crippen molar-refractivity contribution < 1.29 is 22.9 Å². The van der Waals surface area contributed by atoms with Crippen molar-refractivity contribution in [3.8, 4) is 0 Å². The van der Waals surface area contributed by atoms with Crippen molar-refractivity contribution >= 4 is 17.3 Å². The minimum Gasteiger partial charge on any atom is -0.371 e. The predicted octanol–water partition coefficient (Wildman–Crippen LogP) is 4.45. The molecule has 2 aromatic rings. The Bertz CT molecular complexity index is 921. The van der Waals surface area contributed by atoms with E-state index in [9.17, 15) is 28.1 Å². The van der Waals surface area contributed by atoms with E-state index in [2.05, 4.69) is 5.32 Å². The zero-order valence-corrected chi connectivity index (χ0v) is 16.4. The second-order valence-corrected chi connectivity index (χ2v) is 7.42. The maximum absolute atomic E-state index is 13.4. The summed E-state index contributed by atoms with van der Waals surface area (Å²) in [6.45, 7) is 2.91. The van der Waals surface area contributed by atoms with E-state index in [1.165, 1.54) is 4.90 Å². The Labute approximate surface area is 171 Å². The number of benzene rings is 2. The zero-order chi connectivity index (χ0) is 21.9. The summed E-state index contributed by atoms with van der Waals surface area (Å²) in [7, 11) is 0. The Morgan fingerprint density at radius 3 is 2.37 bits per heavy atom. The first kappa shape index (κ1) is 21.6. The number of piperidine rings is 1. The van der Waals surface area contributed by atoms with Crippen LogP contribution in [0.4, 0.5) is 24.5 Å². The minimum atomic E-state index is -4.70. The number of nitrogens with one attached hydrogen (secondary N) is 1. The molecule has 1 aliphatic rings. The van der Waals surface area contributed by atoms with Crippen LogP contribution in [0.1, 0.15) is 29.5 Å². The zero-order valence-electron chi connectivity index (χ0n) is 16.4. The van der Waals surface area contributed by atoms with Gasteiger partial charge in [0.2, 0.25) is 5.91 Å². The van der Waals surface area contributed by atoms with Crippen LogP contribution in [-0.4, -0.2) is 23.9 Å². The molecule has 3 rings (SSSR count). The predicted molar refractivity (Wildman–Crippen MR) is 106 cm³/mol. The Hall–Kier alpha value is -3.10. The highest BCUT2D eigenvalue weighted by Crippen LogP contribution is 2.39. The topological polar surface area (TPSA) is 75.5 Å². The highest BCUT2D eigenvalue weighted by Gasteiger charge is 2.37. The van der Waals surface area contributed by atoms with Gasteiger partial charge in [-0.2, -0.15) is 13.2 Å². The molecule has 1 amide bonds. The van der Waals surface area contributed by atoms with Crippen molar-refractivity contribution in [2.45, 2.75) is 32.5 Å². The summed E-state index contributed by atoms with van der Waals surface area (Å²) >= 11 is 0. The lowest BCUT2D eigenvalue weighted by Gasteiger charge is -2.34. The van der Waals surface area contributed by atoms with Gasteiger partial charge in [-0.25, -0.2) is 0 Å². The summed E-state index contributed by atoms with van der Waals surface area (Å²) in [5.74, 6) is -0.394. The molecule has 1 aliphatic heterocycles. The molecule has 9 heteroatoms. The summed E-state index contributed by atoms with van der Waals surface area (Å²) in [5, 5.41) is 13.7. The van der Waals surface area contributed by atoms with E-state index < -0.39 is 22.4 Å². The van der Waals surface area contributed by atoms with Gasteiger partial charge in [-0.1, -0.05) is 29.8 Å². The molecule has 0 bridgehead atoms. The molecule has 0 atom stereocenters. The molecule has 6 nitrogen and oxygen atoms in total. The Morgan fingerprint density at radius 2 is 1.80 bits per heavy atom. The van der Waals surface area contributed by atoms with Crippen molar-refractivity contribution in [3.63, 3.8) is 0 Å². The molecule has 0 spiro atoms. The summed E-state index contributed by atoms with van der Waals surface area (Å²) in [6.07, 6.45) is -3.88. The number of alkyl halides is 3. The number of rotatable bonds is 5. The van der Waals surface area contributed by atoms with E-state index in [1.54, 1.807) is 0 Å². The Balaban J connectivity index is 1.63. The van der Waals surface area contributed by atoms with Crippen molar-refractivity contribution in [3.05, 3.63) is 69.3 Å². The molecule has 160 valence electrons. The minimum absolute atomic E-state index is 0.0911. The Kier molecular flexibility index (Phi) is 6.28. The number of carbonyl (C=O) groups is 1. The molecular formula is C21H22F3N3O3. The molecule has 1 saturated heterocycles. The normalized spacial score (nSPS) is 15.1. The standard InChI is InChI=1S/C21H22F3N3O3/c1-14-2-4-15(5-3-14)13-25-20(28)16-8-10-26(11-9-16)19-7-6-17(27(29)30)12-18(19)21(22,23)24/h2-7,12,16H,8-11,13H2,1H3,(H,25,28). The van der Waals surface area contributed by atoms with Crippen molar-refractivity contribution in [2.75, 3.05) is 18.0 Å². The summed E-state index contributed by atoms with van der Waals surface area (Å²) < 4.78 is 40.3. The van der Waals surface area contributed by atoms with Gasteiger partial charge in [-0.15, -0.1) is 0 Å². The summed E-state index contributed by atoms with van der Waals surface area (Å²) in [6, 6.07) is 10.6. The quantitative estimate of drug-likeness (QED) is 0.572. The maximum Gasteiger partial charge on any atom is 0.418 e. The van der Waals surface area contributed by atoms with Crippen molar-refractivity contribution in [2.24, 2.45) is 5.92 Å². The number of nitro benzene ring substituents is 1. The average Bonchev–Trinajstić information content (AvgIpc) is 2.72. The fourth-order valence-electron chi connectivity index (χ4n) is 3.56. The SMILES string of the molecule is Cc1ccc(CNC(=O)C2CCN(c3ccc([N+](=O)[O-])cc3C(F)(F)F)CC2)cc1. The number of halogens is 3. The lowest BCUT2D eigenvalue weighted by atomic mass is 9.94. The molecule has 0 aliphatic carbocycles. The third-order valence-electron chi connectivity index (χ3n) is 5.29. The van der Waals surface area contributed by atoms with Crippen LogP contribution in [-0.2, 0) is 17.5 Å². The number of aryl methyl sites for hydroxylation is 1. The molecule has 0 unspecified atom stereocenters. The fraction of sp³-hybridized carbons (Fsp3) is 0.381. The second kappa shape index (κ2) is 8.73. The van der Waals surface area contributed by atoms with Gasteiger partial charge < -0.3 is 10.2 Å². The van der Waals surface area contributed by atoms with Crippen LogP contribution in [0, 0.1) is 23.0 Å². The number of hydrogen-bond acceptors (Lipinski definition) is 4. The van der Waals surface area contributed by atoms with Crippen LogP contribution in [0.3, 0.4) is 0 Å². The molecule has 2 aromatic carbocycles. The Morgan fingerprint density at radius 1 is 1.17 bits per heavy atom. The molecule has 30 heavy (non-hydrogen) atoms. The molecule has 1 fully saturated rings. The van der Waals surface area contributed by atoms with Gasteiger partial charge in [-0.3, -0.25) is 14.9 Å². The van der Waals surface area contributed by atoms with Gasteiger partial charge in [0.1, 0.15) is 0 Å². The molecule has 1 heterocycles. The van der Waals surface area contributed by atoms with Crippen LogP contribution in [0.15, 0.2) is 42.5 Å².